The van der Waals surface area contributed by atoms with Gasteiger partial charge < -0.3 is 0 Å². The van der Waals surface area contributed by atoms with E-state index in [9.17, 15) is 0 Å². The standard InChI is InChI=1S/C19H16.C11H16.2C10H14.2C9H12.C8H10.C7H8/c1-15-18(16-9-4-2-5-10-16)13-8-14-19(15)17-11-6-3-7-12-17;1-9-7-5-6-8-10(9)11(2,3)4;2*1-8(2)10-7-5-4-6-9(10)3;2*1-7-5-4-6-8(2)9(7)3;1-7-3-5-8(2)6-4-7;1-7-5-3-2-4-6-7/h2-14H,1H3;5-8H,1-4H3;2*4-8H,1-3H3;2*4-6H,1-3H3;3-6H,1-2H3;2-6H,1H3/i;;8D;;1D3;;3D,4D,5D,6D;. The highest BCUT2D eigenvalue weighted by molar-refractivity contribution is 5.78. The summed E-state index contributed by atoms with van der Waals surface area (Å²) in [6.07, 6.45) is 0. The van der Waals surface area contributed by atoms with Crippen LogP contribution in [0.25, 0.3) is 22.3 Å². The number of benzene rings is 10. The van der Waals surface area contributed by atoms with Gasteiger partial charge in [0.2, 0.25) is 0 Å². The zero-order valence-corrected chi connectivity index (χ0v) is 53.9. The van der Waals surface area contributed by atoms with Crippen LogP contribution in [0.15, 0.2) is 243 Å². The van der Waals surface area contributed by atoms with E-state index in [0.29, 0.717) is 22.6 Å². The minimum atomic E-state index is -1.98. The predicted molar refractivity (Wildman–Crippen MR) is 371 cm³/mol. The maximum absolute atomic E-state index is 7.81. The Morgan fingerprint density at radius 3 is 0.940 bits per heavy atom. The lowest BCUT2D eigenvalue weighted by Crippen LogP contribution is -2.12. The second-order valence-corrected chi connectivity index (χ2v) is 22.8. The molecule has 0 atom stereocenters. The highest BCUT2D eigenvalue weighted by atomic mass is 14.2. The first kappa shape index (κ1) is 57.0. The smallest absolute Gasteiger partial charge is 0.0622 e. The molecule has 434 valence electrons. The Morgan fingerprint density at radius 2 is 0.639 bits per heavy atom. The molecule has 10 rings (SSSR count). The largest absolute Gasteiger partial charge is 0.0626 e. The highest BCUT2D eigenvalue weighted by Crippen LogP contribution is 2.32. The first-order chi connectivity index (χ1) is 42.6. The van der Waals surface area contributed by atoms with E-state index in [1.165, 1.54) is 77.9 Å². The topological polar surface area (TPSA) is 0 Å². The molecule has 0 nitrogen and oxygen atoms in total. The van der Waals surface area contributed by atoms with Crippen molar-refractivity contribution >= 4 is 0 Å². The molecule has 0 heterocycles. The zero-order chi connectivity index (χ0) is 68.4. The quantitative estimate of drug-likeness (QED) is 0.165. The predicted octanol–water partition coefficient (Wildman–Crippen LogP) is 24.4. The molecular formula is C83H102. The second kappa shape index (κ2) is 36.6. The van der Waals surface area contributed by atoms with Crippen LogP contribution in [-0.2, 0) is 5.41 Å². The van der Waals surface area contributed by atoms with Crippen LogP contribution < -0.4 is 0 Å². The molecule has 0 bridgehead atoms. The Labute approximate surface area is 518 Å². The third kappa shape index (κ3) is 25.5. The number of aryl methyl sites for hydroxylation is 8. The fraction of sp³-hybridized carbons (Fsp3) is 0.277. The fourth-order valence-corrected chi connectivity index (χ4v) is 8.90. The van der Waals surface area contributed by atoms with E-state index in [0.717, 1.165) is 16.7 Å². The Bertz CT molecular complexity index is 3550. The van der Waals surface area contributed by atoms with E-state index in [1.54, 1.807) is 26.0 Å². The van der Waals surface area contributed by atoms with Crippen molar-refractivity contribution in [1.82, 2.24) is 0 Å². The molecule has 0 saturated carbocycles. The molecule has 0 fully saturated rings. The Kier molecular flexibility index (Phi) is 25.2. The average Bonchev–Trinajstić information content (AvgIpc) is 2.38. The van der Waals surface area contributed by atoms with Gasteiger partial charge in [-0.05, 0) is 202 Å². The van der Waals surface area contributed by atoms with Crippen LogP contribution in [0.4, 0.5) is 0 Å². The fourth-order valence-electron chi connectivity index (χ4n) is 8.90. The van der Waals surface area contributed by atoms with Crippen molar-refractivity contribution in [2.45, 2.75) is 156 Å². The molecule has 10 aromatic carbocycles. The van der Waals surface area contributed by atoms with E-state index in [2.05, 4.69) is 241 Å². The molecule has 0 aromatic heterocycles. The van der Waals surface area contributed by atoms with Gasteiger partial charge in [-0.25, -0.2) is 0 Å². The third-order valence-corrected chi connectivity index (χ3v) is 14.2. The van der Waals surface area contributed by atoms with E-state index in [4.69, 9.17) is 11.0 Å². The monoisotopic (exact) mass is 1110 g/mol. The van der Waals surface area contributed by atoms with E-state index < -0.39 is 12.7 Å². The lowest BCUT2D eigenvalue weighted by Gasteiger charge is -2.21. The first-order valence-electron chi connectivity index (χ1n) is 33.1. The average molecular weight is 1110 g/mol. The van der Waals surface area contributed by atoms with Crippen molar-refractivity contribution in [3.05, 3.63) is 332 Å². The summed E-state index contributed by atoms with van der Waals surface area (Å²) in [7, 11) is 0. The SMILES string of the molecule is Cc1c(-c2ccccc2)cccc1-c1ccccc1.Cc1cccc(C)c1C.Cc1ccccc1.Cc1ccccc1C(C)(C)C.Cc1ccccc1C(C)C.[2H]C(C)(C)c1ccccc1C.[2H]C([2H])([2H])c1cccc(C)c1C.[2H]c1c([2H])c(C)c([2H])c([2H])c1C. The highest BCUT2D eigenvalue weighted by Gasteiger charge is 2.14. The van der Waals surface area contributed by atoms with Crippen LogP contribution >= 0.6 is 0 Å². The summed E-state index contributed by atoms with van der Waals surface area (Å²) in [6, 6.07) is 75.0. The van der Waals surface area contributed by atoms with Gasteiger partial charge in [-0.3, -0.25) is 0 Å². The lowest BCUT2D eigenvalue weighted by atomic mass is 9.84. The van der Waals surface area contributed by atoms with Gasteiger partial charge in [-0.2, -0.15) is 0 Å². The molecule has 0 unspecified atom stereocenters. The second-order valence-electron chi connectivity index (χ2n) is 22.8. The summed E-state index contributed by atoms with van der Waals surface area (Å²) in [4.78, 5) is 0. The number of hydrogen-bond donors (Lipinski definition) is 0. The zero-order valence-electron chi connectivity index (χ0n) is 61.9. The molecule has 0 aliphatic carbocycles. The van der Waals surface area contributed by atoms with Crippen LogP contribution in [0, 0.1) is 89.9 Å². The van der Waals surface area contributed by atoms with Gasteiger partial charge in [0.15, 0.2) is 0 Å². The van der Waals surface area contributed by atoms with Gasteiger partial charge >= 0.3 is 0 Å². The minimum absolute atomic E-state index is 0.0634. The van der Waals surface area contributed by atoms with Crippen molar-refractivity contribution in [2.75, 3.05) is 0 Å². The van der Waals surface area contributed by atoms with Crippen LogP contribution in [-0.4, -0.2) is 0 Å². The van der Waals surface area contributed by atoms with Gasteiger partial charge in [0.05, 0.1) is 5.48 Å². The molecule has 0 saturated heterocycles. The van der Waals surface area contributed by atoms with E-state index in [1.807, 2.05) is 83.1 Å². The van der Waals surface area contributed by atoms with Gasteiger partial charge in [-0.15, -0.1) is 0 Å². The molecule has 0 heteroatoms. The van der Waals surface area contributed by atoms with Crippen LogP contribution in [0.5, 0.6) is 0 Å². The summed E-state index contributed by atoms with van der Waals surface area (Å²) in [5.41, 5.74) is 23.5. The molecule has 0 amide bonds. The summed E-state index contributed by atoms with van der Waals surface area (Å²) < 4.78 is 59.3. The van der Waals surface area contributed by atoms with E-state index in [-0.39, 0.29) is 29.6 Å². The van der Waals surface area contributed by atoms with Crippen molar-refractivity contribution < 1.29 is 11.0 Å². The minimum Gasteiger partial charge on any atom is -0.0622 e. The molecule has 0 spiro atoms. The van der Waals surface area contributed by atoms with Crippen molar-refractivity contribution in [1.29, 1.82) is 0 Å². The van der Waals surface area contributed by atoms with Gasteiger partial charge in [-0.1, -0.05) is 308 Å². The summed E-state index contributed by atoms with van der Waals surface area (Å²) in [5.74, 6) is 0.187. The number of rotatable bonds is 4. The van der Waals surface area contributed by atoms with Crippen LogP contribution in [0.2, 0.25) is 0 Å². The maximum atomic E-state index is 7.81. The Balaban J connectivity index is 0.000000276. The Morgan fingerprint density at radius 1 is 0.313 bits per heavy atom. The summed E-state index contributed by atoms with van der Waals surface area (Å²) in [6.45, 7) is 37.1. The first-order valence-corrected chi connectivity index (χ1v) is 29.1. The molecule has 83 heavy (non-hydrogen) atoms. The van der Waals surface area contributed by atoms with Crippen LogP contribution in [0.3, 0.4) is 0 Å². The normalized spacial score (nSPS) is 11.8. The van der Waals surface area contributed by atoms with Crippen molar-refractivity contribution in [3.63, 3.8) is 0 Å². The molecule has 0 radical (unpaired) electrons. The number of hydrogen-bond acceptors (Lipinski definition) is 0. The molecule has 10 aromatic rings. The van der Waals surface area contributed by atoms with Crippen molar-refractivity contribution in [2.24, 2.45) is 0 Å². The van der Waals surface area contributed by atoms with Crippen molar-refractivity contribution in [3.8, 4) is 22.3 Å². The third-order valence-electron chi connectivity index (χ3n) is 14.2. The summed E-state index contributed by atoms with van der Waals surface area (Å²) >= 11 is 0. The Hall–Kier alpha value is -7.80. The van der Waals surface area contributed by atoms with Gasteiger partial charge in [0, 0.05) is 5.48 Å². The van der Waals surface area contributed by atoms with Gasteiger partial charge in [0.25, 0.3) is 0 Å². The van der Waals surface area contributed by atoms with Gasteiger partial charge in [0.1, 0.15) is 0 Å². The molecule has 0 aliphatic heterocycles. The van der Waals surface area contributed by atoms with E-state index >= 15 is 0 Å². The lowest BCUT2D eigenvalue weighted by molar-refractivity contribution is 0.586. The molecule has 0 aliphatic rings. The van der Waals surface area contributed by atoms with Crippen LogP contribution in [0.1, 0.15) is 160 Å². The molecule has 0 N–H and O–H groups in total. The molecular weight excluding hydrogens is 997 g/mol. The maximum Gasteiger partial charge on any atom is 0.0626 e. The summed E-state index contributed by atoms with van der Waals surface area (Å²) in [5, 5.41) is 0.